The van der Waals surface area contributed by atoms with Gasteiger partial charge in [-0.3, -0.25) is 9.59 Å². The molecule has 1 unspecified atom stereocenters. The number of hydrogen-bond donors (Lipinski definition) is 1. The van der Waals surface area contributed by atoms with Gasteiger partial charge in [0, 0.05) is 11.3 Å². The van der Waals surface area contributed by atoms with Gasteiger partial charge in [-0.15, -0.1) is 0 Å². The molecule has 0 aliphatic rings. The lowest BCUT2D eigenvalue weighted by atomic mass is 10.0. The lowest BCUT2D eigenvalue weighted by molar-refractivity contribution is -0.147. The molecule has 0 saturated heterocycles. The number of H-pyrrole nitrogens is 1. The Morgan fingerprint density at radius 1 is 1.47 bits per heavy atom. The summed E-state index contributed by atoms with van der Waals surface area (Å²) in [5.74, 6) is -0.0360. The number of hydrogen-bond acceptors (Lipinski definition) is 4. The Kier molecular flexibility index (Phi) is 4.43. The van der Waals surface area contributed by atoms with E-state index in [1.165, 1.54) is 0 Å². The monoisotopic (exact) mass is 238 g/mol. The van der Waals surface area contributed by atoms with E-state index in [9.17, 15) is 9.59 Å². The molecule has 5 heteroatoms. The van der Waals surface area contributed by atoms with Crippen molar-refractivity contribution in [1.29, 1.82) is 0 Å². The number of carbonyl (C=O) groups excluding carboxylic acids is 1. The Balaban J connectivity index is 2.89. The first-order valence-corrected chi connectivity index (χ1v) is 5.68. The molecule has 0 fully saturated rings. The van der Waals surface area contributed by atoms with Gasteiger partial charge < -0.3 is 9.72 Å². The van der Waals surface area contributed by atoms with E-state index in [2.05, 4.69) is 9.97 Å². The molecule has 0 aromatic carbocycles. The largest absolute Gasteiger partial charge is 0.466 e. The second kappa shape index (κ2) is 5.61. The number of nitrogens with one attached hydrogen (secondary N) is 1. The molecule has 0 aliphatic carbocycles. The van der Waals surface area contributed by atoms with Gasteiger partial charge in [0.2, 0.25) is 0 Å². The number of carbonyl (C=O) groups is 1. The maximum atomic E-state index is 11.7. The fraction of sp³-hybridized carbons (Fsp3) is 0.583. The lowest BCUT2D eigenvalue weighted by Crippen LogP contribution is -2.24. The minimum absolute atomic E-state index is 0.175. The first-order chi connectivity index (χ1) is 7.95. The zero-order valence-electron chi connectivity index (χ0n) is 10.7. The van der Waals surface area contributed by atoms with Gasteiger partial charge in [0.1, 0.15) is 5.82 Å². The van der Waals surface area contributed by atoms with Gasteiger partial charge in [0.15, 0.2) is 0 Å². The highest BCUT2D eigenvalue weighted by Crippen LogP contribution is 2.09. The van der Waals surface area contributed by atoms with E-state index in [4.69, 9.17) is 4.74 Å². The molecular weight excluding hydrogens is 220 g/mol. The van der Waals surface area contributed by atoms with Crippen molar-refractivity contribution in [3.63, 3.8) is 0 Å². The fourth-order valence-electron chi connectivity index (χ4n) is 1.67. The van der Waals surface area contributed by atoms with Crippen LogP contribution >= 0.6 is 0 Å². The molecule has 94 valence electrons. The molecule has 1 aromatic rings. The summed E-state index contributed by atoms with van der Waals surface area (Å²) in [6.45, 7) is 7.36. The Hall–Kier alpha value is -1.65. The van der Waals surface area contributed by atoms with Crippen LogP contribution in [0.1, 0.15) is 30.9 Å². The Morgan fingerprint density at radius 3 is 2.65 bits per heavy atom. The van der Waals surface area contributed by atoms with Crippen LogP contribution < -0.4 is 5.56 Å². The average Bonchev–Trinajstić information content (AvgIpc) is 2.23. The molecule has 1 rings (SSSR count). The Labute approximate surface area is 100 Å². The van der Waals surface area contributed by atoms with Crippen LogP contribution in [0.25, 0.3) is 0 Å². The first-order valence-electron chi connectivity index (χ1n) is 5.68. The SMILES string of the molecule is CCOC(=O)C(C)Cc1c(C)nc(C)[nH]c1=O. The van der Waals surface area contributed by atoms with Crippen molar-refractivity contribution >= 4 is 5.97 Å². The summed E-state index contributed by atoms with van der Waals surface area (Å²) in [7, 11) is 0. The molecule has 0 bridgehead atoms. The molecule has 17 heavy (non-hydrogen) atoms. The average molecular weight is 238 g/mol. The van der Waals surface area contributed by atoms with Crippen LogP contribution in [0.5, 0.6) is 0 Å². The maximum Gasteiger partial charge on any atom is 0.308 e. The quantitative estimate of drug-likeness (QED) is 0.798. The standard InChI is InChI=1S/C12H18N2O3/c1-5-17-12(16)7(2)6-10-8(3)13-9(4)14-11(10)15/h7H,5-6H2,1-4H3,(H,13,14,15). The molecule has 1 aromatic heterocycles. The summed E-state index contributed by atoms with van der Waals surface area (Å²) in [6.07, 6.45) is 0.354. The van der Waals surface area contributed by atoms with E-state index in [0.717, 1.165) is 0 Å². The fourth-order valence-corrected chi connectivity index (χ4v) is 1.67. The Bertz CT molecular complexity index is 465. The van der Waals surface area contributed by atoms with E-state index < -0.39 is 0 Å². The molecule has 0 amide bonds. The number of ether oxygens (including phenoxy) is 1. The molecule has 1 N–H and O–H groups in total. The van der Waals surface area contributed by atoms with Gasteiger partial charge in [0.05, 0.1) is 12.5 Å². The van der Waals surface area contributed by atoms with Gasteiger partial charge in [-0.2, -0.15) is 0 Å². The predicted octanol–water partition coefficient (Wildman–Crippen LogP) is 1.13. The first kappa shape index (κ1) is 13.4. The Morgan fingerprint density at radius 2 is 2.12 bits per heavy atom. The third kappa shape index (κ3) is 3.41. The van der Waals surface area contributed by atoms with Gasteiger partial charge in [-0.25, -0.2) is 4.98 Å². The number of aromatic nitrogens is 2. The van der Waals surface area contributed by atoms with Gasteiger partial charge in [-0.05, 0) is 27.2 Å². The van der Waals surface area contributed by atoms with Crippen LogP contribution in [0.15, 0.2) is 4.79 Å². The van der Waals surface area contributed by atoms with Crippen molar-refractivity contribution in [3.8, 4) is 0 Å². The van der Waals surface area contributed by atoms with E-state index in [1.54, 1.807) is 27.7 Å². The van der Waals surface area contributed by atoms with Crippen LogP contribution in [-0.4, -0.2) is 22.5 Å². The van der Waals surface area contributed by atoms with Crippen molar-refractivity contribution in [1.82, 2.24) is 9.97 Å². The van der Waals surface area contributed by atoms with Crippen molar-refractivity contribution < 1.29 is 9.53 Å². The number of rotatable bonds is 4. The van der Waals surface area contributed by atoms with Crippen molar-refractivity contribution in [2.24, 2.45) is 5.92 Å². The van der Waals surface area contributed by atoms with Crippen LogP contribution in [-0.2, 0) is 16.0 Å². The highest BCUT2D eigenvalue weighted by molar-refractivity contribution is 5.72. The van der Waals surface area contributed by atoms with Crippen LogP contribution in [0.3, 0.4) is 0 Å². The molecule has 0 spiro atoms. The van der Waals surface area contributed by atoms with E-state index in [-0.39, 0.29) is 17.4 Å². The normalized spacial score (nSPS) is 12.2. The maximum absolute atomic E-state index is 11.7. The zero-order chi connectivity index (χ0) is 13.0. The lowest BCUT2D eigenvalue weighted by Gasteiger charge is -2.11. The number of nitrogens with zero attached hydrogens (tertiary/aromatic N) is 1. The third-order valence-corrected chi connectivity index (χ3v) is 2.54. The second-order valence-electron chi connectivity index (χ2n) is 4.07. The minimum Gasteiger partial charge on any atom is -0.466 e. The van der Waals surface area contributed by atoms with Gasteiger partial charge >= 0.3 is 5.97 Å². The van der Waals surface area contributed by atoms with Crippen LogP contribution in [0.4, 0.5) is 0 Å². The van der Waals surface area contributed by atoms with E-state index >= 15 is 0 Å². The summed E-state index contributed by atoms with van der Waals surface area (Å²) >= 11 is 0. The third-order valence-electron chi connectivity index (χ3n) is 2.54. The summed E-state index contributed by atoms with van der Waals surface area (Å²) in [6, 6.07) is 0. The molecule has 1 heterocycles. The van der Waals surface area contributed by atoms with Crippen molar-refractivity contribution in [2.45, 2.75) is 34.1 Å². The highest BCUT2D eigenvalue weighted by atomic mass is 16.5. The van der Waals surface area contributed by atoms with Gasteiger partial charge in [-0.1, -0.05) is 6.92 Å². The van der Waals surface area contributed by atoms with E-state index in [0.29, 0.717) is 30.1 Å². The molecular formula is C12H18N2O3. The molecule has 0 aliphatic heterocycles. The minimum atomic E-state index is -0.334. The summed E-state index contributed by atoms with van der Waals surface area (Å²) in [5, 5.41) is 0. The smallest absolute Gasteiger partial charge is 0.308 e. The summed E-state index contributed by atoms with van der Waals surface area (Å²) in [5.41, 5.74) is 1.05. The number of aromatic amines is 1. The van der Waals surface area contributed by atoms with Crippen LogP contribution in [0.2, 0.25) is 0 Å². The second-order valence-corrected chi connectivity index (χ2v) is 4.07. The molecule has 0 saturated carbocycles. The molecule has 0 radical (unpaired) electrons. The highest BCUT2D eigenvalue weighted by Gasteiger charge is 2.18. The molecule has 1 atom stereocenters. The topological polar surface area (TPSA) is 72.0 Å². The van der Waals surface area contributed by atoms with Gasteiger partial charge in [0.25, 0.3) is 5.56 Å². The summed E-state index contributed by atoms with van der Waals surface area (Å²) < 4.78 is 4.91. The molecule has 5 nitrogen and oxygen atoms in total. The van der Waals surface area contributed by atoms with Crippen molar-refractivity contribution in [2.75, 3.05) is 6.61 Å². The summed E-state index contributed by atoms with van der Waals surface area (Å²) in [4.78, 5) is 30.0. The number of aryl methyl sites for hydroxylation is 2. The van der Waals surface area contributed by atoms with Crippen molar-refractivity contribution in [3.05, 3.63) is 27.4 Å². The predicted molar refractivity (Wildman–Crippen MR) is 63.8 cm³/mol. The van der Waals surface area contributed by atoms with E-state index in [1.807, 2.05) is 0 Å². The van der Waals surface area contributed by atoms with Crippen LogP contribution in [0, 0.1) is 19.8 Å². The number of esters is 1. The zero-order valence-corrected chi connectivity index (χ0v) is 10.7.